The molecule has 3 saturated carbocycles. The van der Waals surface area contributed by atoms with Gasteiger partial charge in [-0.05, 0) is 89.2 Å². The Morgan fingerprint density at radius 2 is 1.94 bits per heavy atom. The van der Waals surface area contributed by atoms with Crippen LogP contribution in [0.1, 0.15) is 79.2 Å². The molecule has 2 aliphatic heterocycles. The smallest absolute Gasteiger partial charge is 0.448 e. The van der Waals surface area contributed by atoms with E-state index in [-0.39, 0.29) is 40.7 Å². The summed E-state index contributed by atoms with van der Waals surface area (Å²) in [5, 5.41) is 3.15. The number of alkyl carbamates (subject to hydrolysis) is 1. The van der Waals surface area contributed by atoms with Crippen LogP contribution in [0.4, 0.5) is 4.79 Å². The number of nitrogens with one attached hydrogen (secondary N) is 1. The van der Waals surface area contributed by atoms with Crippen LogP contribution >= 0.6 is 0 Å². The summed E-state index contributed by atoms with van der Waals surface area (Å²) in [7, 11) is -0.483. The highest BCUT2D eigenvalue weighted by atomic mass is 16.7. The lowest BCUT2D eigenvalue weighted by molar-refractivity contribution is -0.199. The third-order valence-electron chi connectivity index (χ3n) is 9.79. The Balaban J connectivity index is 1.26. The van der Waals surface area contributed by atoms with E-state index in [1.165, 1.54) is 19.3 Å². The topological polar surface area (TPSA) is 60.0 Å². The summed E-state index contributed by atoms with van der Waals surface area (Å²) < 4.78 is 19.1. The summed E-state index contributed by atoms with van der Waals surface area (Å²) in [6, 6.07) is 10.5. The van der Waals surface area contributed by atoms with Crippen molar-refractivity contribution in [2.24, 2.45) is 17.3 Å². The summed E-state index contributed by atoms with van der Waals surface area (Å²) >= 11 is 0. The average Bonchev–Trinajstić information content (AvgIpc) is 3.20. The van der Waals surface area contributed by atoms with Crippen molar-refractivity contribution >= 4 is 13.2 Å². The largest absolute Gasteiger partial charge is 0.482 e. The van der Waals surface area contributed by atoms with Crippen LogP contribution in [0.2, 0.25) is 0 Å². The number of benzene rings is 1. The number of hydrogen-bond acceptors (Lipinski definition) is 5. The van der Waals surface area contributed by atoms with Gasteiger partial charge in [-0.15, -0.1) is 0 Å². The van der Waals surface area contributed by atoms with Gasteiger partial charge in [-0.3, -0.25) is 4.90 Å². The summed E-state index contributed by atoms with van der Waals surface area (Å²) in [5.41, 5.74) is 1.18. The van der Waals surface area contributed by atoms with E-state index in [1.807, 2.05) is 18.2 Å². The third-order valence-corrected chi connectivity index (χ3v) is 9.79. The first-order chi connectivity index (χ1) is 17.0. The number of piperidine rings is 1. The Bertz CT molecular complexity index is 935. The molecule has 6 nitrogen and oxygen atoms in total. The van der Waals surface area contributed by atoms with Crippen LogP contribution in [0.15, 0.2) is 30.3 Å². The lowest BCUT2D eigenvalue weighted by Gasteiger charge is -2.64. The number of ether oxygens (including phenoxy) is 1. The minimum absolute atomic E-state index is 0.0620. The van der Waals surface area contributed by atoms with Gasteiger partial charge < -0.3 is 19.4 Å². The number of hydrogen-bond donors (Lipinski definition) is 1. The van der Waals surface area contributed by atoms with Gasteiger partial charge in [-0.1, -0.05) is 50.6 Å². The maximum Gasteiger partial charge on any atom is 0.482 e. The van der Waals surface area contributed by atoms with Crippen molar-refractivity contribution in [3.05, 3.63) is 35.9 Å². The van der Waals surface area contributed by atoms with Crippen molar-refractivity contribution in [3.8, 4) is 0 Å². The van der Waals surface area contributed by atoms with Crippen LogP contribution in [-0.4, -0.2) is 60.5 Å². The molecule has 36 heavy (non-hydrogen) atoms. The summed E-state index contributed by atoms with van der Waals surface area (Å²) in [6.07, 6.45) is 6.02. The molecule has 198 valence electrons. The van der Waals surface area contributed by atoms with Gasteiger partial charge in [-0.25, -0.2) is 4.79 Å². The fourth-order valence-corrected chi connectivity index (χ4v) is 7.58. The SMILES string of the molecule is CC1(C)[C@@H]2C[C@H]3OB([C@H](Cc4ccccc4)NC(=O)OC[C@H]4CCCCN4C(C)(C)C)O[C@@]3(C)[C@H]1C2. The van der Waals surface area contributed by atoms with Crippen molar-refractivity contribution in [2.45, 2.75) is 109 Å². The molecule has 7 heteroatoms. The van der Waals surface area contributed by atoms with Gasteiger partial charge in [0.2, 0.25) is 0 Å². The number of nitrogens with zero attached hydrogens (tertiary/aromatic N) is 1. The van der Waals surface area contributed by atoms with Crippen LogP contribution in [0.3, 0.4) is 0 Å². The number of rotatable bonds is 6. The Labute approximate surface area is 218 Å². The first kappa shape index (κ1) is 26.1. The minimum Gasteiger partial charge on any atom is -0.448 e. The standard InChI is InChI=1S/C29H45BN2O4/c1-27(2,3)32-15-11-10-14-22(32)19-34-26(33)31-25(16-20-12-8-7-9-13-20)30-35-24-18-21-17-23(28(21,4)5)29(24,6)36-30/h7-9,12-13,21-25H,10-11,14-19H2,1-6H3,(H,31,33)/t21-,22+,23-,24+,25-,29-/m0/s1. The minimum atomic E-state index is -0.483. The van der Waals surface area contributed by atoms with Crippen molar-refractivity contribution in [3.63, 3.8) is 0 Å². The van der Waals surface area contributed by atoms with Gasteiger partial charge in [0.15, 0.2) is 0 Å². The number of carbonyl (C=O) groups excluding carboxylic acids is 1. The summed E-state index contributed by atoms with van der Waals surface area (Å²) in [5.74, 6) is 0.861. The zero-order chi connectivity index (χ0) is 25.7. The van der Waals surface area contributed by atoms with Crippen LogP contribution in [-0.2, 0) is 20.5 Å². The quantitative estimate of drug-likeness (QED) is 0.546. The molecule has 1 aromatic carbocycles. The maximum absolute atomic E-state index is 13.1. The van der Waals surface area contributed by atoms with Crippen LogP contribution in [0, 0.1) is 17.3 Å². The van der Waals surface area contributed by atoms with E-state index in [9.17, 15) is 4.79 Å². The second-order valence-corrected chi connectivity index (χ2v) is 13.4. The van der Waals surface area contributed by atoms with E-state index in [0.29, 0.717) is 24.9 Å². The molecule has 1 amide bonds. The monoisotopic (exact) mass is 496 g/mol. The van der Waals surface area contributed by atoms with Gasteiger partial charge in [0.1, 0.15) is 6.61 Å². The molecule has 5 fully saturated rings. The van der Waals surface area contributed by atoms with Crippen molar-refractivity contribution in [1.29, 1.82) is 0 Å². The molecular formula is C29H45BN2O4. The van der Waals surface area contributed by atoms with Crippen molar-refractivity contribution < 1.29 is 18.8 Å². The van der Waals surface area contributed by atoms with Gasteiger partial charge >= 0.3 is 13.2 Å². The third kappa shape index (κ3) is 4.83. The zero-order valence-electron chi connectivity index (χ0n) is 23.1. The van der Waals surface area contributed by atoms with Gasteiger partial charge in [0.05, 0.1) is 17.6 Å². The van der Waals surface area contributed by atoms with E-state index in [1.54, 1.807) is 0 Å². The molecule has 2 saturated heterocycles. The molecule has 0 aromatic heterocycles. The first-order valence-electron chi connectivity index (χ1n) is 14.1. The van der Waals surface area contributed by atoms with E-state index < -0.39 is 7.12 Å². The van der Waals surface area contributed by atoms with Crippen molar-refractivity contribution in [1.82, 2.24) is 10.2 Å². The molecule has 5 aliphatic rings. The van der Waals surface area contributed by atoms with E-state index in [4.69, 9.17) is 14.0 Å². The molecule has 0 radical (unpaired) electrons. The molecule has 1 aromatic rings. The lowest BCUT2D eigenvalue weighted by atomic mass is 9.43. The lowest BCUT2D eigenvalue weighted by Crippen LogP contribution is -2.65. The zero-order valence-corrected chi connectivity index (χ0v) is 23.1. The van der Waals surface area contributed by atoms with Gasteiger partial charge in [-0.2, -0.15) is 0 Å². The molecule has 3 aliphatic carbocycles. The fourth-order valence-electron chi connectivity index (χ4n) is 7.58. The second-order valence-electron chi connectivity index (χ2n) is 13.4. The van der Waals surface area contributed by atoms with Crippen molar-refractivity contribution in [2.75, 3.05) is 13.2 Å². The number of amides is 1. The molecule has 0 unspecified atom stereocenters. The Hall–Kier alpha value is -1.57. The molecular weight excluding hydrogens is 451 g/mol. The van der Waals surface area contributed by atoms with Gasteiger partial charge in [0.25, 0.3) is 0 Å². The Kier molecular flexibility index (Phi) is 6.97. The number of likely N-dealkylation sites (tertiary alicyclic amines) is 1. The maximum atomic E-state index is 13.1. The van der Waals surface area contributed by atoms with E-state index in [2.05, 4.69) is 63.9 Å². The highest BCUT2D eigenvalue weighted by molar-refractivity contribution is 6.47. The highest BCUT2D eigenvalue weighted by Gasteiger charge is 2.68. The van der Waals surface area contributed by atoms with Crippen LogP contribution < -0.4 is 5.32 Å². The normalized spacial score (nSPS) is 34.4. The first-order valence-corrected chi connectivity index (χ1v) is 14.1. The van der Waals surface area contributed by atoms with E-state index in [0.717, 1.165) is 24.9 Å². The molecule has 6 atom stereocenters. The summed E-state index contributed by atoms with van der Waals surface area (Å²) in [6.45, 7) is 15.1. The highest BCUT2D eigenvalue weighted by Crippen LogP contribution is 2.65. The average molecular weight is 497 g/mol. The Morgan fingerprint density at radius 3 is 2.64 bits per heavy atom. The molecule has 2 heterocycles. The fraction of sp³-hybridized carbons (Fsp3) is 0.759. The number of carbonyl (C=O) groups is 1. The van der Waals surface area contributed by atoms with Crippen LogP contribution in [0.5, 0.6) is 0 Å². The van der Waals surface area contributed by atoms with Crippen LogP contribution in [0.25, 0.3) is 0 Å². The summed E-state index contributed by atoms with van der Waals surface area (Å²) in [4.78, 5) is 15.6. The molecule has 2 bridgehead atoms. The van der Waals surface area contributed by atoms with E-state index >= 15 is 0 Å². The predicted molar refractivity (Wildman–Crippen MR) is 143 cm³/mol. The Morgan fingerprint density at radius 1 is 1.19 bits per heavy atom. The predicted octanol–water partition coefficient (Wildman–Crippen LogP) is 5.24. The van der Waals surface area contributed by atoms with Gasteiger partial charge in [0, 0.05) is 11.6 Å². The molecule has 1 N–H and O–H groups in total. The second kappa shape index (κ2) is 9.63. The molecule has 6 rings (SSSR count). The molecule has 0 spiro atoms.